The highest BCUT2D eigenvalue weighted by Crippen LogP contribution is 2.31. The van der Waals surface area contributed by atoms with E-state index >= 15 is 0 Å². The maximum Gasteiger partial charge on any atom is 0.293 e. The molecule has 0 saturated carbocycles. The van der Waals surface area contributed by atoms with Gasteiger partial charge in [-0.2, -0.15) is 0 Å². The van der Waals surface area contributed by atoms with Crippen molar-refractivity contribution < 1.29 is 9.66 Å². The van der Waals surface area contributed by atoms with Crippen molar-refractivity contribution in [2.75, 3.05) is 31.6 Å². The van der Waals surface area contributed by atoms with Gasteiger partial charge in [-0.1, -0.05) is 15.9 Å². The number of halogens is 1. The lowest BCUT2D eigenvalue weighted by Crippen LogP contribution is -2.40. The maximum atomic E-state index is 11.1. The number of nitrogens with one attached hydrogen (secondary N) is 1. The zero-order valence-corrected chi connectivity index (χ0v) is 12.5. The molecule has 1 N–H and O–H groups in total. The summed E-state index contributed by atoms with van der Waals surface area (Å²) in [4.78, 5) is 13.2. The molecule has 0 spiro atoms. The van der Waals surface area contributed by atoms with Gasteiger partial charge in [-0.3, -0.25) is 15.0 Å². The number of nitro groups is 1. The van der Waals surface area contributed by atoms with Crippen LogP contribution in [0.4, 0.5) is 11.4 Å². The fourth-order valence-corrected chi connectivity index (χ4v) is 3.28. The van der Waals surface area contributed by atoms with Gasteiger partial charge in [-0.15, -0.1) is 0 Å². The van der Waals surface area contributed by atoms with Gasteiger partial charge in [0, 0.05) is 35.7 Å². The Morgan fingerprint density at radius 1 is 1.50 bits per heavy atom. The van der Waals surface area contributed by atoms with Crippen LogP contribution in [0.3, 0.4) is 0 Å². The van der Waals surface area contributed by atoms with Gasteiger partial charge in [-0.05, 0) is 18.6 Å². The van der Waals surface area contributed by atoms with E-state index in [0.29, 0.717) is 16.2 Å². The average molecular weight is 342 g/mol. The number of ether oxygens (including phenoxy) is 1. The van der Waals surface area contributed by atoms with Gasteiger partial charge < -0.3 is 10.1 Å². The molecular formula is C13H16BrN3O3. The van der Waals surface area contributed by atoms with Crippen LogP contribution >= 0.6 is 15.9 Å². The summed E-state index contributed by atoms with van der Waals surface area (Å²) >= 11 is 3.27. The van der Waals surface area contributed by atoms with Gasteiger partial charge in [0.25, 0.3) is 5.69 Å². The molecule has 7 heteroatoms. The van der Waals surface area contributed by atoms with Crippen LogP contribution < -0.4 is 5.32 Å². The number of nitrogens with zero attached hydrogens (tertiary/aromatic N) is 2. The summed E-state index contributed by atoms with van der Waals surface area (Å²) in [6.07, 6.45) is 0.965. The van der Waals surface area contributed by atoms with Crippen LogP contribution in [0.25, 0.3) is 0 Å². The molecule has 108 valence electrons. The van der Waals surface area contributed by atoms with E-state index in [-0.39, 0.29) is 16.7 Å². The molecule has 20 heavy (non-hydrogen) atoms. The number of anilines is 1. The fraction of sp³-hybridized carbons (Fsp3) is 0.538. The first-order chi connectivity index (χ1) is 9.63. The molecule has 2 saturated heterocycles. The number of fused-ring (bicyclic) bond motifs is 1. The predicted octanol–water partition coefficient (Wildman–Crippen LogP) is 2.24. The van der Waals surface area contributed by atoms with E-state index in [1.54, 1.807) is 6.07 Å². The minimum absolute atomic E-state index is 0.112. The van der Waals surface area contributed by atoms with Crippen LogP contribution in [0.2, 0.25) is 0 Å². The van der Waals surface area contributed by atoms with E-state index in [0.717, 1.165) is 32.7 Å². The Hall–Kier alpha value is -1.18. The molecule has 0 aromatic heterocycles. The van der Waals surface area contributed by atoms with Gasteiger partial charge in [0.2, 0.25) is 0 Å². The number of hydrogen-bond acceptors (Lipinski definition) is 5. The lowest BCUT2D eigenvalue weighted by atomic mass is 10.1. The van der Waals surface area contributed by atoms with Gasteiger partial charge in [0.15, 0.2) is 0 Å². The largest absolute Gasteiger partial charge is 0.378 e. The highest BCUT2D eigenvalue weighted by Gasteiger charge is 2.34. The van der Waals surface area contributed by atoms with Crippen molar-refractivity contribution in [1.82, 2.24) is 4.90 Å². The monoisotopic (exact) mass is 341 g/mol. The Bertz CT molecular complexity index is 512. The average Bonchev–Trinajstić information content (AvgIpc) is 2.82. The van der Waals surface area contributed by atoms with Crippen molar-refractivity contribution in [2.45, 2.75) is 18.5 Å². The number of morpholine rings is 1. The predicted molar refractivity (Wildman–Crippen MR) is 79.0 cm³/mol. The molecule has 2 aliphatic rings. The van der Waals surface area contributed by atoms with Crippen LogP contribution in [-0.2, 0) is 4.74 Å². The van der Waals surface area contributed by atoms with Crippen LogP contribution in [0.5, 0.6) is 0 Å². The second-order valence-electron chi connectivity index (χ2n) is 5.22. The van der Waals surface area contributed by atoms with Crippen molar-refractivity contribution >= 4 is 27.3 Å². The normalized spacial score (nSPS) is 26.2. The molecular weight excluding hydrogens is 326 g/mol. The highest BCUT2D eigenvalue weighted by molar-refractivity contribution is 9.10. The second kappa shape index (κ2) is 5.67. The molecule has 1 aromatic rings. The molecule has 0 bridgehead atoms. The number of benzene rings is 1. The van der Waals surface area contributed by atoms with Crippen LogP contribution in [0.15, 0.2) is 22.7 Å². The molecule has 1 aromatic carbocycles. The maximum absolute atomic E-state index is 11.1. The third-order valence-electron chi connectivity index (χ3n) is 3.88. The smallest absolute Gasteiger partial charge is 0.293 e. The summed E-state index contributed by atoms with van der Waals surface area (Å²) < 4.78 is 6.19. The molecule has 6 nitrogen and oxygen atoms in total. The van der Waals surface area contributed by atoms with Crippen molar-refractivity contribution in [1.29, 1.82) is 0 Å². The van der Waals surface area contributed by atoms with E-state index in [9.17, 15) is 10.1 Å². The lowest BCUT2D eigenvalue weighted by Gasteiger charge is -2.28. The molecule has 2 heterocycles. The number of rotatable bonds is 3. The summed E-state index contributed by atoms with van der Waals surface area (Å²) in [6, 6.07) is 5.79. The minimum Gasteiger partial charge on any atom is -0.378 e. The molecule has 0 radical (unpaired) electrons. The van der Waals surface area contributed by atoms with E-state index in [2.05, 4.69) is 26.1 Å². The third-order valence-corrected chi connectivity index (χ3v) is 4.37. The molecule has 3 rings (SSSR count). The van der Waals surface area contributed by atoms with Gasteiger partial charge in [0.1, 0.15) is 5.69 Å². The van der Waals surface area contributed by atoms with Crippen LogP contribution in [0, 0.1) is 10.1 Å². The van der Waals surface area contributed by atoms with Crippen molar-refractivity contribution in [3.63, 3.8) is 0 Å². The van der Waals surface area contributed by atoms with Crippen LogP contribution in [0.1, 0.15) is 6.42 Å². The first-order valence-corrected chi connectivity index (χ1v) is 7.45. The summed E-state index contributed by atoms with van der Waals surface area (Å²) in [6.45, 7) is 3.41. The Morgan fingerprint density at radius 3 is 3.10 bits per heavy atom. The summed E-state index contributed by atoms with van der Waals surface area (Å²) in [5, 5.41) is 14.4. The zero-order valence-electron chi connectivity index (χ0n) is 10.9. The standard InChI is InChI=1S/C13H16BrN3O3/c14-9-1-2-12(13(5-9)17(18)19)15-10-6-11-8-20-4-3-16(11)7-10/h1-2,5,10-11,15H,3-4,6-8H2/t10-,11+/m1/s1. The zero-order chi connectivity index (χ0) is 14.1. The van der Waals surface area contributed by atoms with Crippen molar-refractivity contribution in [2.24, 2.45) is 0 Å². The quantitative estimate of drug-likeness (QED) is 0.674. The Morgan fingerprint density at radius 2 is 2.35 bits per heavy atom. The third kappa shape index (κ3) is 2.79. The van der Waals surface area contributed by atoms with Gasteiger partial charge in [-0.25, -0.2) is 0 Å². The first-order valence-electron chi connectivity index (χ1n) is 6.66. The molecule has 0 amide bonds. The molecule has 2 aliphatic heterocycles. The second-order valence-corrected chi connectivity index (χ2v) is 6.13. The van der Waals surface area contributed by atoms with Gasteiger partial charge >= 0.3 is 0 Å². The van der Waals surface area contributed by atoms with Gasteiger partial charge in [0.05, 0.1) is 18.1 Å². The molecule has 0 aliphatic carbocycles. The van der Waals surface area contributed by atoms with E-state index in [4.69, 9.17) is 4.74 Å². The van der Waals surface area contributed by atoms with E-state index in [1.165, 1.54) is 6.07 Å². The summed E-state index contributed by atoms with van der Waals surface area (Å²) in [5.74, 6) is 0. The highest BCUT2D eigenvalue weighted by atomic mass is 79.9. The van der Waals surface area contributed by atoms with E-state index in [1.807, 2.05) is 6.07 Å². The number of nitro benzene ring substituents is 1. The molecule has 2 fully saturated rings. The Labute approximate surface area is 125 Å². The fourth-order valence-electron chi connectivity index (χ4n) is 2.94. The Kier molecular flexibility index (Phi) is 3.91. The van der Waals surface area contributed by atoms with Crippen molar-refractivity contribution in [3.8, 4) is 0 Å². The molecule has 0 unspecified atom stereocenters. The summed E-state index contributed by atoms with van der Waals surface area (Å²) in [7, 11) is 0. The van der Waals surface area contributed by atoms with Crippen LogP contribution in [-0.4, -0.2) is 48.2 Å². The summed E-state index contributed by atoms with van der Waals surface area (Å²) in [5.41, 5.74) is 0.699. The lowest BCUT2D eigenvalue weighted by molar-refractivity contribution is -0.384. The first kappa shape index (κ1) is 13.8. The van der Waals surface area contributed by atoms with E-state index < -0.39 is 0 Å². The Balaban J connectivity index is 1.73. The number of hydrogen-bond donors (Lipinski definition) is 1. The van der Waals surface area contributed by atoms with Crippen molar-refractivity contribution in [3.05, 3.63) is 32.8 Å². The topological polar surface area (TPSA) is 67.6 Å². The SMILES string of the molecule is O=[N+]([O-])c1cc(Br)ccc1N[C@@H]1C[C@H]2COCCN2C1. The minimum atomic E-state index is -0.349. The molecule has 2 atom stereocenters.